The molecule has 30 heavy (non-hydrogen) atoms. The lowest BCUT2D eigenvalue weighted by Crippen LogP contribution is -2.24. The number of rotatable bonds is 5. The minimum Gasteiger partial charge on any atom is -0.477 e. The van der Waals surface area contributed by atoms with Crippen LogP contribution in [0.4, 0.5) is 18.9 Å². The molecule has 0 bridgehead atoms. The number of hydrogen-bond donors (Lipinski definition) is 2. The van der Waals surface area contributed by atoms with Crippen LogP contribution in [0, 0.1) is 0 Å². The van der Waals surface area contributed by atoms with Crippen LogP contribution in [0.5, 0.6) is 0 Å². The van der Waals surface area contributed by atoms with Crippen molar-refractivity contribution in [1.29, 1.82) is 0 Å². The number of pyridine rings is 1. The zero-order chi connectivity index (χ0) is 22.2. The van der Waals surface area contributed by atoms with Gasteiger partial charge in [-0.2, -0.15) is 18.3 Å². The third kappa shape index (κ3) is 4.04. The summed E-state index contributed by atoms with van der Waals surface area (Å²) in [4.78, 5) is 24.4. The molecular weight excluding hydrogens is 425 g/mol. The quantitative estimate of drug-likeness (QED) is 0.588. The lowest BCUT2D eigenvalue weighted by atomic mass is 10.0. The fourth-order valence-corrected chi connectivity index (χ4v) is 3.32. The van der Waals surface area contributed by atoms with Crippen molar-refractivity contribution in [3.8, 4) is 11.3 Å². The van der Waals surface area contributed by atoms with Gasteiger partial charge in [0.2, 0.25) is 0 Å². The second kappa shape index (κ2) is 7.86. The number of anilines is 1. The fraction of sp³-hybridized carbons (Fsp3) is 0.211. The van der Waals surface area contributed by atoms with E-state index < -0.39 is 28.8 Å². The number of nitrogen functional groups attached to an aromatic ring is 1. The number of benzene rings is 1. The Bertz CT molecular complexity index is 1180. The van der Waals surface area contributed by atoms with Crippen molar-refractivity contribution in [3.63, 3.8) is 0 Å². The number of aromatic carboxylic acids is 1. The van der Waals surface area contributed by atoms with Crippen LogP contribution < -0.4 is 11.2 Å². The summed E-state index contributed by atoms with van der Waals surface area (Å²) in [6, 6.07) is 6.34. The van der Waals surface area contributed by atoms with Crippen LogP contribution in [0.2, 0.25) is 5.02 Å². The van der Waals surface area contributed by atoms with Crippen LogP contribution in [-0.4, -0.2) is 25.4 Å². The van der Waals surface area contributed by atoms with Crippen molar-refractivity contribution in [2.45, 2.75) is 26.2 Å². The lowest BCUT2D eigenvalue weighted by molar-refractivity contribution is -0.141. The summed E-state index contributed by atoms with van der Waals surface area (Å²) < 4.78 is 41.0. The molecular formula is C19H16ClF3N4O3. The van der Waals surface area contributed by atoms with Crippen LogP contribution in [0.15, 0.2) is 41.3 Å². The maximum atomic E-state index is 12.8. The predicted octanol–water partition coefficient (Wildman–Crippen LogP) is 3.73. The van der Waals surface area contributed by atoms with Crippen LogP contribution >= 0.6 is 11.6 Å². The lowest BCUT2D eigenvalue weighted by Gasteiger charge is -2.20. The molecule has 0 aliphatic carbocycles. The van der Waals surface area contributed by atoms with Gasteiger partial charge in [0.15, 0.2) is 11.1 Å². The number of aromatic nitrogens is 3. The van der Waals surface area contributed by atoms with E-state index in [2.05, 4.69) is 5.10 Å². The highest BCUT2D eigenvalue weighted by Crippen LogP contribution is 2.30. The molecule has 2 aromatic heterocycles. The molecule has 0 radical (unpaired) electrons. The molecule has 3 rings (SSSR count). The van der Waals surface area contributed by atoms with Gasteiger partial charge < -0.3 is 15.4 Å². The number of carbonyl (C=O) groups is 1. The number of carboxylic acids is 1. The first-order valence-corrected chi connectivity index (χ1v) is 9.06. The fourth-order valence-electron chi connectivity index (χ4n) is 3.14. The molecule has 3 aromatic rings. The molecule has 3 N–H and O–H groups in total. The molecule has 0 fully saturated rings. The Morgan fingerprint density at radius 3 is 2.50 bits per heavy atom. The second-order valence-electron chi connectivity index (χ2n) is 6.41. The Balaban J connectivity index is 2.21. The molecule has 0 spiro atoms. The zero-order valence-electron chi connectivity index (χ0n) is 15.6. The Kier molecular flexibility index (Phi) is 5.62. The number of nitrogens with two attached hydrogens (primary N) is 1. The van der Waals surface area contributed by atoms with E-state index in [9.17, 15) is 27.9 Å². The summed E-state index contributed by atoms with van der Waals surface area (Å²) in [5.74, 6) is -1.44. The second-order valence-corrected chi connectivity index (χ2v) is 6.81. The van der Waals surface area contributed by atoms with E-state index in [0.29, 0.717) is 5.56 Å². The standard InChI is InChI=1S/C19H16ClF3N4O3/c1-2-27-11(9-26-6-5-15(25-26)19(21,22)23)8-14(28)16(18(29)30)17(27)10-3-4-13(24)12(20)7-10/h3-8H,2,9,24H2,1H3,(H,29,30). The van der Waals surface area contributed by atoms with E-state index in [4.69, 9.17) is 17.3 Å². The Morgan fingerprint density at radius 1 is 1.27 bits per heavy atom. The topological polar surface area (TPSA) is 103 Å². The smallest absolute Gasteiger partial charge is 0.435 e. The molecule has 1 aromatic carbocycles. The SMILES string of the molecule is CCn1c(Cn2ccc(C(F)(F)F)n2)cc(=O)c(C(=O)O)c1-c1ccc(N)c(Cl)c1. The minimum absolute atomic E-state index is 0.0811. The Morgan fingerprint density at radius 2 is 1.97 bits per heavy atom. The highest BCUT2D eigenvalue weighted by molar-refractivity contribution is 6.33. The predicted molar refractivity (Wildman–Crippen MR) is 105 cm³/mol. The number of alkyl halides is 3. The van der Waals surface area contributed by atoms with Crippen molar-refractivity contribution in [3.05, 3.63) is 68.7 Å². The normalized spacial score (nSPS) is 11.6. The van der Waals surface area contributed by atoms with Crippen molar-refractivity contribution in [1.82, 2.24) is 14.3 Å². The first kappa shape index (κ1) is 21.4. The third-order valence-corrected chi connectivity index (χ3v) is 4.78. The zero-order valence-corrected chi connectivity index (χ0v) is 16.3. The van der Waals surface area contributed by atoms with Gasteiger partial charge in [0, 0.05) is 30.1 Å². The minimum atomic E-state index is -4.60. The first-order chi connectivity index (χ1) is 14.0. The van der Waals surface area contributed by atoms with Gasteiger partial charge in [0.05, 0.1) is 22.9 Å². The maximum Gasteiger partial charge on any atom is 0.435 e. The number of hydrogen-bond acceptors (Lipinski definition) is 4. The molecule has 158 valence electrons. The van der Waals surface area contributed by atoms with Gasteiger partial charge in [0.25, 0.3) is 0 Å². The average Bonchev–Trinajstić information content (AvgIpc) is 3.12. The van der Waals surface area contributed by atoms with E-state index in [1.165, 1.54) is 22.8 Å². The molecule has 0 saturated heterocycles. The Hall–Kier alpha value is -3.27. The highest BCUT2D eigenvalue weighted by Gasteiger charge is 2.33. The molecule has 0 aliphatic rings. The van der Waals surface area contributed by atoms with E-state index in [1.54, 1.807) is 6.92 Å². The summed E-state index contributed by atoms with van der Waals surface area (Å²) >= 11 is 6.07. The molecule has 0 amide bonds. The van der Waals surface area contributed by atoms with Crippen LogP contribution in [-0.2, 0) is 19.3 Å². The van der Waals surface area contributed by atoms with Gasteiger partial charge in [-0.1, -0.05) is 17.7 Å². The molecule has 2 heterocycles. The average molecular weight is 441 g/mol. The van der Waals surface area contributed by atoms with Crippen LogP contribution in [0.25, 0.3) is 11.3 Å². The van der Waals surface area contributed by atoms with E-state index in [0.717, 1.165) is 23.0 Å². The van der Waals surface area contributed by atoms with Gasteiger partial charge in [0.1, 0.15) is 5.56 Å². The molecule has 0 atom stereocenters. The van der Waals surface area contributed by atoms with Gasteiger partial charge in [-0.3, -0.25) is 9.48 Å². The monoisotopic (exact) mass is 440 g/mol. The summed E-state index contributed by atoms with van der Waals surface area (Å²) in [7, 11) is 0. The molecule has 0 unspecified atom stereocenters. The first-order valence-electron chi connectivity index (χ1n) is 8.69. The van der Waals surface area contributed by atoms with Gasteiger partial charge >= 0.3 is 12.1 Å². The highest BCUT2D eigenvalue weighted by atomic mass is 35.5. The van der Waals surface area contributed by atoms with Gasteiger partial charge in [-0.05, 0) is 25.1 Å². The molecule has 0 saturated carbocycles. The van der Waals surface area contributed by atoms with E-state index in [1.807, 2.05) is 0 Å². The Labute approximate surface area is 173 Å². The van der Waals surface area contributed by atoms with E-state index in [-0.39, 0.29) is 35.2 Å². The third-order valence-electron chi connectivity index (χ3n) is 4.46. The summed E-state index contributed by atoms with van der Waals surface area (Å²) in [5.41, 5.74) is 4.36. The summed E-state index contributed by atoms with van der Waals surface area (Å²) in [5, 5.41) is 13.3. The van der Waals surface area contributed by atoms with Crippen LogP contribution in [0.1, 0.15) is 28.7 Å². The van der Waals surface area contributed by atoms with Crippen molar-refractivity contribution < 1.29 is 23.1 Å². The van der Waals surface area contributed by atoms with E-state index >= 15 is 0 Å². The van der Waals surface area contributed by atoms with Gasteiger partial charge in [-0.25, -0.2) is 4.79 Å². The van der Waals surface area contributed by atoms with Crippen molar-refractivity contribution >= 4 is 23.3 Å². The number of carboxylic acid groups (broad SMARTS) is 1. The van der Waals surface area contributed by atoms with Crippen molar-refractivity contribution in [2.24, 2.45) is 0 Å². The molecule has 7 nitrogen and oxygen atoms in total. The van der Waals surface area contributed by atoms with Crippen molar-refractivity contribution in [2.75, 3.05) is 5.73 Å². The maximum absolute atomic E-state index is 12.8. The molecule has 0 aliphatic heterocycles. The molecule has 11 heteroatoms. The summed E-state index contributed by atoms with van der Waals surface area (Å²) in [6.07, 6.45) is -3.47. The number of nitrogens with zero attached hydrogens (tertiary/aromatic N) is 3. The largest absolute Gasteiger partial charge is 0.477 e. The number of halogens is 4. The van der Waals surface area contributed by atoms with Gasteiger partial charge in [-0.15, -0.1) is 0 Å². The summed E-state index contributed by atoms with van der Waals surface area (Å²) in [6.45, 7) is 1.78. The van der Waals surface area contributed by atoms with Crippen LogP contribution in [0.3, 0.4) is 0 Å².